The van der Waals surface area contributed by atoms with Crippen molar-refractivity contribution in [3.63, 3.8) is 0 Å². The van der Waals surface area contributed by atoms with Crippen LogP contribution in [0.4, 0.5) is 0 Å². The molecule has 1 aromatic heterocycles. The maximum Gasteiger partial charge on any atom is 0.279 e. The lowest BCUT2D eigenvalue weighted by molar-refractivity contribution is 0.261. The molecule has 2 N–H and O–H groups in total. The molecule has 1 unspecified atom stereocenters. The minimum Gasteiger partial charge on any atom is -0.319 e. The molecule has 1 saturated heterocycles. The summed E-state index contributed by atoms with van der Waals surface area (Å²) in [7, 11) is -1.42. The Kier molecular flexibility index (Phi) is 5.98. The normalized spacial score (nSPS) is 21.1. The highest BCUT2D eigenvalue weighted by Crippen LogP contribution is 2.18. The zero-order chi connectivity index (χ0) is 14.4. The zero-order valence-electron chi connectivity index (χ0n) is 11.8. The monoisotopic (exact) mass is 317 g/mol. The number of piperidine rings is 1. The van der Waals surface area contributed by atoms with Crippen molar-refractivity contribution in [3.05, 3.63) is 22.4 Å². The van der Waals surface area contributed by atoms with Crippen molar-refractivity contribution in [2.75, 3.05) is 33.2 Å². The molecule has 0 bridgehead atoms. The maximum atomic E-state index is 12.3. The molecule has 1 aromatic rings. The van der Waals surface area contributed by atoms with Crippen molar-refractivity contribution in [2.24, 2.45) is 5.92 Å². The van der Waals surface area contributed by atoms with Crippen LogP contribution in [-0.4, -0.2) is 45.9 Å². The molecule has 0 aliphatic carbocycles. The highest BCUT2D eigenvalue weighted by atomic mass is 32.2. The van der Waals surface area contributed by atoms with E-state index >= 15 is 0 Å². The number of hydrogen-bond acceptors (Lipinski definition) is 4. The van der Waals surface area contributed by atoms with Crippen LogP contribution < -0.4 is 10.0 Å². The molecule has 0 spiro atoms. The van der Waals surface area contributed by atoms with Crippen LogP contribution in [0.15, 0.2) is 17.5 Å². The lowest BCUT2D eigenvalue weighted by atomic mass is 10.00. The molecule has 2 heterocycles. The second kappa shape index (κ2) is 7.51. The molecule has 1 fully saturated rings. The van der Waals surface area contributed by atoms with Gasteiger partial charge in [0, 0.05) is 24.5 Å². The van der Waals surface area contributed by atoms with E-state index in [1.165, 1.54) is 4.88 Å². The van der Waals surface area contributed by atoms with Gasteiger partial charge in [0.25, 0.3) is 10.2 Å². The zero-order valence-corrected chi connectivity index (χ0v) is 13.5. The number of hydrogen-bond donors (Lipinski definition) is 2. The maximum absolute atomic E-state index is 12.3. The Bertz CT molecular complexity index is 486. The molecule has 1 aliphatic rings. The number of nitrogens with one attached hydrogen (secondary N) is 2. The van der Waals surface area contributed by atoms with Crippen molar-refractivity contribution in [1.82, 2.24) is 14.3 Å². The fourth-order valence-corrected chi connectivity index (χ4v) is 4.58. The van der Waals surface area contributed by atoms with E-state index in [4.69, 9.17) is 0 Å². The van der Waals surface area contributed by atoms with Gasteiger partial charge in [0.05, 0.1) is 0 Å². The molecular formula is C13H23N3O2S2. The Balaban J connectivity index is 1.82. The van der Waals surface area contributed by atoms with E-state index in [1.807, 2.05) is 24.6 Å². The van der Waals surface area contributed by atoms with Crippen LogP contribution in [0.25, 0.3) is 0 Å². The van der Waals surface area contributed by atoms with Gasteiger partial charge in [-0.1, -0.05) is 6.07 Å². The summed E-state index contributed by atoms with van der Waals surface area (Å²) in [6, 6.07) is 4.02. The summed E-state index contributed by atoms with van der Waals surface area (Å²) in [5.74, 6) is 0.419. The van der Waals surface area contributed by atoms with Gasteiger partial charge in [-0.2, -0.15) is 12.7 Å². The number of nitrogens with zero attached hydrogens (tertiary/aromatic N) is 1. The largest absolute Gasteiger partial charge is 0.319 e. The summed E-state index contributed by atoms with van der Waals surface area (Å²) in [4.78, 5) is 1.21. The smallest absolute Gasteiger partial charge is 0.279 e. The predicted molar refractivity (Wildman–Crippen MR) is 83.2 cm³/mol. The first-order valence-corrected chi connectivity index (χ1v) is 9.35. The Morgan fingerprint density at radius 2 is 2.35 bits per heavy atom. The van der Waals surface area contributed by atoms with Gasteiger partial charge >= 0.3 is 0 Å². The molecule has 2 rings (SSSR count). The van der Waals surface area contributed by atoms with Crippen LogP contribution in [0.5, 0.6) is 0 Å². The lowest BCUT2D eigenvalue weighted by Gasteiger charge is -2.31. The second-order valence-electron chi connectivity index (χ2n) is 5.15. The van der Waals surface area contributed by atoms with Crippen molar-refractivity contribution >= 4 is 21.5 Å². The summed E-state index contributed by atoms with van der Waals surface area (Å²) >= 11 is 1.66. The fourth-order valence-electron chi connectivity index (χ4n) is 2.55. The minimum absolute atomic E-state index is 0.419. The molecule has 1 aliphatic heterocycles. The van der Waals surface area contributed by atoms with Gasteiger partial charge in [-0.05, 0) is 50.2 Å². The highest BCUT2D eigenvalue weighted by Gasteiger charge is 2.28. The molecule has 20 heavy (non-hydrogen) atoms. The first kappa shape index (κ1) is 15.9. The topological polar surface area (TPSA) is 61.4 Å². The average molecular weight is 317 g/mol. The summed E-state index contributed by atoms with van der Waals surface area (Å²) < 4.78 is 28.8. The third-order valence-electron chi connectivity index (χ3n) is 3.55. The average Bonchev–Trinajstić information content (AvgIpc) is 2.92. The van der Waals surface area contributed by atoms with Crippen LogP contribution >= 0.6 is 11.3 Å². The van der Waals surface area contributed by atoms with E-state index in [1.54, 1.807) is 15.6 Å². The van der Waals surface area contributed by atoms with Crippen LogP contribution in [0.2, 0.25) is 0 Å². The Morgan fingerprint density at radius 1 is 1.50 bits per heavy atom. The summed E-state index contributed by atoms with van der Waals surface area (Å²) in [6.45, 7) is 2.60. The first-order chi connectivity index (χ1) is 9.62. The van der Waals surface area contributed by atoms with Crippen molar-refractivity contribution < 1.29 is 8.42 Å². The molecule has 0 saturated carbocycles. The van der Waals surface area contributed by atoms with Gasteiger partial charge in [0.15, 0.2) is 0 Å². The third-order valence-corrected chi connectivity index (χ3v) is 6.07. The molecule has 1 atom stereocenters. The fraction of sp³-hybridized carbons (Fsp3) is 0.692. The molecular weight excluding hydrogens is 294 g/mol. The van der Waals surface area contributed by atoms with E-state index in [0.29, 0.717) is 25.6 Å². The van der Waals surface area contributed by atoms with E-state index in [9.17, 15) is 8.42 Å². The van der Waals surface area contributed by atoms with E-state index in [0.717, 1.165) is 25.8 Å². The standard InChI is InChI=1S/C13H23N3O2S2/c1-14-10-12-4-2-8-16(11-12)20(17,18)15-7-6-13-5-3-9-19-13/h3,5,9,12,14-15H,2,4,6-8,10-11H2,1H3. The van der Waals surface area contributed by atoms with E-state index in [2.05, 4.69) is 10.0 Å². The highest BCUT2D eigenvalue weighted by molar-refractivity contribution is 7.87. The third kappa shape index (κ3) is 4.53. The summed E-state index contributed by atoms with van der Waals surface area (Å²) in [6.07, 6.45) is 2.80. The van der Waals surface area contributed by atoms with Gasteiger partial charge in [0.2, 0.25) is 0 Å². The second-order valence-corrected chi connectivity index (χ2v) is 7.94. The van der Waals surface area contributed by atoms with Crippen molar-refractivity contribution in [1.29, 1.82) is 0 Å². The Labute approximate surface area is 125 Å². The van der Waals surface area contributed by atoms with Crippen molar-refractivity contribution in [2.45, 2.75) is 19.3 Å². The molecule has 7 heteroatoms. The summed E-state index contributed by atoms with van der Waals surface area (Å²) in [5, 5.41) is 5.14. The quantitative estimate of drug-likeness (QED) is 0.790. The van der Waals surface area contributed by atoms with Gasteiger partial charge < -0.3 is 5.32 Å². The van der Waals surface area contributed by atoms with Crippen LogP contribution in [0.3, 0.4) is 0 Å². The Hall–Kier alpha value is -0.470. The van der Waals surface area contributed by atoms with Crippen molar-refractivity contribution in [3.8, 4) is 0 Å². The van der Waals surface area contributed by atoms with Gasteiger partial charge in [0.1, 0.15) is 0 Å². The van der Waals surface area contributed by atoms with E-state index in [-0.39, 0.29) is 0 Å². The predicted octanol–water partition coefficient (Wildman–Crippen LogP) is 1.06. The molecule has 114 valence electrons. The first-order valence-electron chi connectivity index (χ1n) is 7.03. The molecule has 5 nitrogen and oxygen atoms in total. The van der Waals surface area contributed by atoms with Gasteiger partial charge in [-0.25, -0.2) is 4.72 Å². The van der Waals surface area contributed by atoms with Crippen LogP contribution in [0, 0.1) is 5.92 Å². The Morgan fingerprint density at radius 3 is 3.05 bits per heavy atom. The molecule has 0 aromatic carbocycles. The number of rotatable bonds is 7. The SMILES string of the molecule is CNCC1CCCN(S(=O)(=O)NCCc2cccs2)C1. The van der Waals surface area contributed by atoms with Crippen LogP contribution in [0.1, 0.15) is 17.7 Å². The van der Waals surface area contributed by atoms with Crippen LogP contribution in [-0.2, 0) is 16.6 Å². The lowest BCUT2D eigenvalue weighted by Crippen LogP contribution is -2.47. The minimum atomic E-state index is -3.33. The summed E-state index contributed by atoms with van der Waals surface area (Å²) in [5.41, 5.74) is 0. The molecule has 0 radical (unpaired) electrons. The van der Waals surface area contributed by atoms with E-state index < -0.39 is 10.2 Å². The molecule has 0 amide bonds. The van der Waals surface area contributed by atoms with Gasteiger partial charge in [-0.3, -0.25) is 0 Å². The number of thiophene rings is 1. The van der Waals surface area contributed by atoms with Gasteiger partial charge in [-0.15, -0.1) is 11.3 Å².